The maximum Gasteiger partial charge on any atom is 0.306 e. The van der Waals surface area contributed by atoms with Gasteiger partial charge in [0.2, 0.25) is 0 Å². The number of Topliss-reactive ketones (excluding diaryl/α,β-unsaturated/α-hetero) is 1. The van der Waals surface area contributed by atoms with E-state index in [-0.39, 0.29) is 18.1 Å². The number of hydrogen-bond acceptors (Lipinski definition) is 3. The highest BCUT2D eigenvalue weighted by atomic mass is 16.4. The predicted molar refractivity (Wildman–Crippen MR) is 120 cm³/mol. The van der Waals surface area contributed by atoms with Gasteiger partial charge in [-0.2, -0.15) is 0 Å². The summed E-state index contributed by atoms with van der Waals surface area (Å²) < 4.78 is 0. The molecule has 1 N–H and O–H groups in total. The molecule has 0 unspecified atom stereocenters. The third kappa shape index (κ3) is 7.21. The smallest absolute Gasteiger partial charge is 0.306 e. The monoisotopic (exact) mass is 413 g/mol. The molecule has 0 amide bonds. The molecule has 3 rings (SSSR count). The summed E-state index contributed by atoms with van der Waals surface area (Å²) in [7, 11) is 0. The number of carboxylic acid groups (broad SMARTS) is 1. The van der Waals surface area contributed by atoms with Gasteiger partial charge in [-0.15, -0.1) is 0 Å². The fourth-order valence-electron chi connectivity index (χ4n) is 5.14. The summed E-state index contributed by atoms with van der Waals surface area (Å²) in [4.78, 5) is 28.9. The fraction of sp³-hybridized carbons (Fsp3) is 0.731. The Hall–Kier alpha value is -1.71. The summed E-state index contributed by atoms with van der Waals surface area (Å²) in [6.07, 6.45) is 17.6. The van der Waals surface area contributed by atoms with Gasteiger partial charge in [-0.05, 0) is 69.4 Å². The van der Waals surface area contributed by atoms with E-state index in [4.69, 9.17) is 4.98 Å². The molecule has 2 aliphatic carbocycles. The maximum atomic E-state index is 12.4. The normalized spacial score (nSPS) is 18.0. The lowest BCUT2D eigenvalue weighted by Gasteiger charge is -2.22. The maximum absolute atomic E-state index is 12.4. The SMILES string of the molecule is O=C(C[C@@H](CCCCCCCc1ccc2c(n1)CCCC2)C(=O)O)C1CCCCC1. The van der Waals surface area contributed by atoms with E-state index in [1.165, 1.54) is 42.6 Å². The second kappa shape index (κ2) is 12.2. The van der Waals surface area contributed by atoms with Crippen molar-refractivity contribution in [3.8, 4) is 0 Å². The molecule has 4 heteroatoms. The van der Waals surface area contributed by atoms with E-state index in [0.29, 0.717) is 6.42 Å². The first kappa shape index (κ1) is 23.0. The number of nitrogens with zero attached hydrogens (tertiary/aromatic N) is 1. The van der Waals surface area contributed by atoms with Crippen LogP contribution in [0.4, 0.5) is 0 Å². The summed E-state index contributed by atoms with van der Waals surface area (Å²) in [5.74, 6) is -0.964. The first-order chi connectivity index (χ1) is 14.6. The minimum absolute atomic E-state index is 0.123. The van der Waals surface area contributed by atoms with Crippen molar-refractivity contribution in [2.75, 3.05) is 0 Å². The van der Waals surface area contributed by atoms with Gasteiger partial charge in [0.15, 0.2) is 0 Å². The quantitative estimate of drug-likeness (QED) is 0.421. The van der Waals surface area contributed by atoms with Gasteiger partial charge in [0.05, 0.1) is 5.92 Å². The number of aryl methyl sites for hydroxylation is 3. The number of carbonyl (C=O) groups excluding carboxylic acids is 1. The number of hydrogen-bond donors (Lipinski definition) is 1. The molecule has 0 bridgehead atoms. The number of unbranched alkanes of at least 4 members (excludes halogenated alkanes) is 4. The number of rotatable bonds is 12. The van der Waals surface area contributed by atoms with Crippen molar-refractivity contribution < 1.29 is 14.7 Å². The van der Waals surface area contributed by atoms with Crippen molar-refractivity contribution in [1.82, 2.24) is 4.98 Å². The van der Waals surface area contributed by atoms with Crippen LogP contribution in [-0.2, 0) is 28.9 Å². The zero-order chi connectivity index (χ0) is 21.2. The minimum Gasteiger partial charge on any atom is -0.481 e. The van der Waals surface area contributed by atoms with E-state index in [0.717, 1.165) is 70.6 Å². The molecule has 0 spiro atoms. The van der Waals surface area contributed by atoms with Gasteiger partial charge in [0, 0.05) is 23.7 Å². The van der Waals surface area contributed by atoms with Crippen molar-refractivity contribution >= 4 is 11.8 Å². The highest BCUT2D eigenvalue weighted by molar-refractivity contribution is 5.85. The van der Waals surface area contributed by atoms with E-state index in [1.54, 1.807) is 0 Å². The number of carboxylic acids is 1. The fourth-order valence-corrected chi connectivity index (χ4v) is 5.14. The number of aromatic nitrogens is 1. The van der Waals surface area contributed by atoms with Crippen LogP contribution >= 0.6 is 0 Å². The van der Waals surface area contributed by atoms with Crippen molar-refractivity contribution in [3.63, 3.8) is 0 Å². The number of fused-ring (bicyclic) bond motifs is 1. The molecular formula is C26H39NO3. The van der Waals surface area contributed by atoms with E-state index >= 15 is 0 Å². The Labute approximate surface area is 181 Å². The van der Waals surface area contributed by atoms with Gasteiger partial charge >= 0.3 is 5.97 Å². The minimum atomic E-state index is -0.794. The lowest BCUT2D eigenvalue weighted by Crippen LogP contribution is -2.24. The molecule has 166 valence electrons. The molecule has 1 saturated carbocycles. The van der Waals surface area contributed by atoms with Crippen LogP contribution in [0.5, 0.6) is 0 Å². The molecule has 0 saturated heterocycles. The summed E-state index contributed by atoms with van der Waals surface area (Å²) in [6, 6.07) is 4.47. The number of aliphatic carboxylic acids is 1. The highest BCUT2D eigenvalue weighted by Crippen LogP contribution is 2.28. The average Bonchev–Trinajstić information content (AvgIpc) is 2.77. The van der Waals surface area contributed by atoms with Gasteiger partial charge in [-0.1, -0.05) is 51.0 Å². The average molecular weight is 414 g/mol. The molecule has 1 heterocycles. The van der Waals surface area contributed by atoms with Crippen molar-refractivity contribution in [1.29, 1.82) is 0 Å². The molecule has 1 fully saturated rings. The molecule has 30 heavy (non-hydrogen) atoms. The van der Waals surface area contributed by atoms with Crippen LogP contribution in [0.3, 0.4) is 0 Å². The second-order valence-electron chi connectivity index (χ2n) is 9.46. The summed E-state index contributed by atoms with van der Waals surface area (Å²) >= 11 is 0. The van der Waals surface area contributed by atoms with E-state index in [9.17, 15) is 14.7 Å². The number of carbonyl (C=O) groups is 2. The zero-order valence-corrected chi connectivity index (χ0v) is 18.5. The lowest BCUT2D eigenvalue weighted by atomic mass is 9.82. The Balaban J connectivity index is 1.28. The molecule has 4 nitrogen and oxygen atoms in total. The third-order valence-corrected chi connectivity index (χ3v) is 7.08. The highest BCUT2D eigenvalue weighted by Gasteiger charge is 2.26. The topological polar surface area (TPSA) is 67.3 Å². The molecule has 2 aliphatic rings. The van der Waals surface area contributed by atoms with Crippen LogP contribution in [0.15, 0.2) is 12.1 Å². The van der Waals surface area contributed by atoms with Crippen LogP contribution in [-0.4, -0.2) is 21.8 Å². The molecular weight excluding hydrogens is 374 g/mol. The lowest BCUT2D eigenvalue weighted by molar-refractivity contribution is -0.144. The van der Waals surface area contributed by atoms with Crippen molar-refractivity contribution in [2.45, 2.75) is 109 Å². The molecule has 1 atom stereocenters. The van der Waals surface area contributed by atoms with Crippen LogP contribution in [0, 0.1) is 11.8 Å². The Kier molecular flexibility index (Phi) is 9.35. The van der Waals surface area contributed by atoms with E-state index in [2.05, 4.69) is 12.1 Å². The first-order valence-corrected chi connectivity index (χ1v) is 12.4. The third-order valence-electron chi connectivity index (χ3n) is 7.08. The standard InChI is InChI=1S/C26H39NO3/c28-25(21-12-6-4-7-13-21)19-22(26(29)30)14-5-2-1-3-8-15-23-18-17-20-11-9-10-16-24(20)27-23/h17-18,21-22H,1-16,19H2,(H,29,30)/t22-/m1/s1. The number of pyridine rings is 1. The predicted octanol–water partition coefficient (Wildman–Crippen LogP) is 6.08. The summed E-state index contributed by atoms with van der Waals surface area (Å²) in [6.45, 7) is 0. The zero-order valence-electron chi connectivity index (χ0n) is 18.5. The molecule has 0 radical (unpaired) electrons. The summed E-state index contributed by atoms with van der Waals surface area (Å²) in [5.41, 5.74) is 3.99. The second-order valence-corrected chi connectivity index (χ2v) is 9.46. The van der Waals surface area contributed by atoms with E-state index < -0.39 is 11.9 Å². The van der Waals surface area contributed by atoms with Gasteiger partial charge in [0.25, 0.3) is 0 Å². The van der Waals surface area contributed by atoms with Gasteiger partial charge in [-0.25, -0.2) is 0 Å². The first-order valence-electron chi connectivity index (χ1n) is 12.4. The van der Waals surface area contributed by atoms with Crippen LogP contribution in [0.25, 0.3) is 0 Å². The Morgan fingerprint density at radius 1 is 0.933 bits per heavy atom. The van der Waals surface area contributed by atoms with Gasteiger partial charge < -0.3 is 5.11 Å². The van der Waals surface area contributed by atoms with Gasteiger partial charge in [0.1, 0.15) is 5.78 Å². The van der Waals surface area contributed by atoms with Gasteiger partial charge in [-0.3, -0.25) is 14.6 Å². The van der Waals surface area contributed by atoms with E-state index in [1.807, 2.05) is 0 Å². The number of ketones is 1. The van der Waals surface area contributed by atoms with Crippen molar-refractivity contribution in [3.05, 3.63) is 29.1 Å². The molecule has 1 aromatic heterocycles. The molecule has 0 aromatic carbocycles. The Morgan fingerprint density at radius 3 is 2.47 bits per heavy atom. The van der Waals surface area contributed by atoms with Crippen LogP contribution < -0.4 is 0 Å². The van der Waals surface area contributed by atoms with Crippen LogP contribution in [0.2, 0.25) is 0 Å². The largest absolute Gasteiger partial charge is 0.481 e. The van der Waals surface area contributed by atoms with Crippen LogP contribution in [0.1, 0.15) is 107 Å². The molecule has 0 aliphatic heterocycles. The van der Waals surface area contributed by atoms with Crippen molar-refractivity contribution in [2.24, 2.45) is 11.8 Å². The molecule has 1 aromatic rings. The summed E-state index contributed by atoms with van der Waals surface area (Å²) in [5, 5.41) is 9.51. The Morgan fingerprint density at radius 2 is 1.67 bits per heavy atom. The Bertz CT molecular complexity index is 694.